The van der Waals surface area contributed by atoms with Gasteiger partial charge in [-0.25, -0.2) is 9.97 Å². The number of hydrogen-bond donors (Lipinski definition) is 0. The second-order valence-corrected chi connectivity index (χ2v) is 6.38. The van der Waals surface area contributed by atoms with Crippen molar-refractivity contribution in [1.82, 2.24) is 9.97 Å². The molecular weight excluding hydrogens is 304 g/mol. The van der Waals surface area contributed by atoms with Crippen LogP contribution in [0.15, 0.2) is 30.6 Å². The molecule has 0 aromatic carbocycles. The maximum absolute atomic E-state index is 11.9. The molecule has 1 atom stereocenters. The molecule has 0 spiro atoms. The van der Waals surface area contributed by atoms with E-state index in [1.165, 1.54) is 0 Å². The average Bonchev–Trinajstić information content (AvgIpc) is 2.62. The van der Waals surface area contributed by atoms with Gasteiger partial charge in [-0.15, -0.1) is 0 Å². The van der Waals surface area contributed by atoms with Crippen molar-refractivity contribution in [2.24, 2.45) is 11.8 Å². The summed E-state index contributed by atoms with van der Waals surface area (Å²) in [5, 5.41) is 0.946. The minimum Gasteiger partial charge on any atom is -0.490 e. The lowest BCUT2D eigenvalue weighted by molar-refractivity contribution is -0.150. The zero-order valence-electron chi connectivity index (χ0n) is 14.3. The first-order valence-electron chi connectivity index (χ1n) is 8.72. The van der Waals surface area contributed by atoms with Crippen LogP contribution in [0.3, 0.4) is 0 Å². The molecule has 0 saturated heterocycles. The summed E-state index contributed by atoms with van der Waals surface area (Å²) in [5.41, 5.74) is 0.708. The molecule has 1 aliphatic carbocycles. The molecule has 1 fully saturated rings. The Morgan fingerprint density at radius 2 is 1.96 bits per heavy atom. The zero-order valence-corrected chi connectivity index (χ0v) is 14.3. The molecule has 0 N–H and O–H groups in total. The Kier molecular flexibility index (Phi) is 5.28. The normalized spacial score (nSPS) is 22.1. The monoisotopic (exact) mass is 328 g/mol. The molecule has 1 unspecified atom stereocenters. The first-order valence-corrected chi connectivity index (χ1v) is 8.72. The number of rotatable bonds is 5. The third-order valence-electron chi connectivity index (χ3n) is 4.85. The van der Waals surface area contributed by atoms with Gasteiger partial charge in [-0.2, -0.15) is 0 Å². The molecule has 2 aromatic rings. The number of ether oxygens (including phenoxy) is 2. The van der Waals surface area contributed by atoms with E-state index in [9.17, 15) is 4.79 Å². The summed E-state index contributed by atoms with van der Waals surface area (Å²) in [6.45, 7) is 4.28. The van der Waals surface area contributed by atoms with E-state index in [0.29, 0.717) is 18.2 Å². The molecule has 0 amide bonds. The molecular formula is C19H24N2O3. The molecule has 128 valence electrons. The van der Waals surface area contributed by atoms with Crippen molar-refractivity contribution >= 4 is 17.0 Å². The van der Waals surface area contributed by atoms with E-state index in [4.69, 9.17) is 9.47 Å². The number of carbonyl (C=O) groups excluding carboxylic acids is 1. The van der Waals surface area contributed by atoms with Gasteiger partial charge in [0.2, 0.25) is 0 Å². The number of pyridine rings is 2. The van der Waals surface area contributed by atoms with Crippen molar-refractivity contribution in [1.29, 1.82) is 0 Å². The highest BCUT2D eigenvalue weighted by atomic mass is 16.5. The molecule has 2 aromatic heterocycles. The molecule has 24 heavy (non-hydrogen) atoms. The first kappa shape index (κ1) is 16.7. The van der Waals surface area contributed by atoms with Crippen LogP contribution in [0.4, 0.5) is 0 Å². The molecule has 3 rings (SSSR count). The molecule has 0 aliphatic heterocycles. The molecule has 5 nitrogen and oxygen atoms in total. The Hall–Kier alpha value is -2.17. The Bertz CT molecular complexity index is 691. The number of aromatic nitrogens is 2. The third-order valence-corrected chi connectivity index (χ3v) is 4.85. The zero-order chi connectivity index (χ0) is 16.9. The maximum Gasteiger partial charge on any atom is 0.308 e. The fourth-order valence-corrected chi connectivity index (χ4v) is 3.41. The third kappa shape index (κ3) is 3.66. The SMILES string of the molecule is CCOC(=O)C(C)[C@H]1CC[C@H](Oc2ccnc3ncccc23)CC1. The average molecular weight is 328 g/mol. The Morgan fingerprint density at radius 3 is 2.71 bits per heavy atom. The first-order chi connectivity index (χ1) is 11.7. The number of carbonyl (C=O) groups is 1. The predicted molar refractivity (Wildman–Crippen MR) is 91.7 cm³/mol. The lowest BCUT2D eigenvalue weighted by Gasteiger charge is -2.31. The van der Waals surface area contributed by atoms with Gasteiger partial charge in [-0.1, -0.05) is 6.92 Å². The maximum atomic E-state index is 11.9. The van der Waals surface area contributed by atoms with Gasteiger partial charge in [-0.3, -0.25) is 4.79 Å². The molecule has 0 bridgehead atoms. The lowest BCUT2D eigenvalue weighted by atomic mass is 9.79. The van der Waals surface area contributed by atoms with Gasteiger partial charge in [-0.05, 0) is 56.7 Å². The Balaban J connectivity index is 1.60. The Morgan fingerprint density at radius 1 is 1.21 bits per heavy atom. The second-order valence-electron chi connectivity index (χ2n) is 6.38. The quantitative estimate of drug-likeness (QED) is 0.782. The van der Waals surface area contributed by atoms with Crippen LogP contribution in [0, 0.1) is 11.8 Å². The molecule has 0 radical (unpaired) electrons. The van der Waals surface area contributed by atoms with E-state index >= 15 is 0 Å². The molecule has 1 aliphatic rings. The minimum atomic E-state index is -0.0759. The fourth-order valence-electron chi connectivity index (χ4n) is 3.41. The minimum absolute atomic E-state index is 0.0307. The van der Waals surface area contributed by atoms with E-state index in [0.717, 1.165) is 36.8 Å². The number of fused-ring (bicyclic) bond motifs is 1. The van der Waals surface area contributed by atoms with Crippen molar-refractivity contribution in [3.8, 4) is 5.75 Å². The number of esters is 1. The van der Waals surface area contributed by atoms with Crippen molar-refractivity contribution in [3.05, 3.63) is 30.6 Å². The van der Waals surface area contributed by atoms with E-state index in [1.54, 1.807) is 12.4 Å². The fraction of sp³-hybridized carbons (Fsp3) is 0.526. The number of hydrogen-bond acceptors (Lipinski definition) is 5. The van der Waals surface area contributed by atoms with Gasteiger partial charge in [0.1, 0.15) is 5.75 Å². The smallest absolute Gasteiger partial charge is 0.308 e. The number of nitrogens with zero attached hydrogens (tertiary/aromatic N) is 2. The molecule has 5 heteroatoms. The van der Waals surface area contributed by atoms with Crippen molar-refractivity contribution in [3.63, 3.8) is 0 Å². The highest BCUT2D eigenvalue weighted by molar-refractivity contribution is 5.81. The van der Waals surface area contributed by atoms with Crippen LogP contribution in [-0.4, -0.2) is 28.6 Å². The largest absolute Gasteiger partial charge is 0.490 e. The van der Waals surface area contributed by atoms with Gasteiger partial charge >= 0.3 is 5.97 Å². The van der Waals surface area contributed by atoms with Crippen molar-refractivity contribution < 1.29 is 14.3 Å². The van der Waals surface area contributed by atoms with Crippen LogP contribution in [0.25, 0.3) is 11.0 Å². The topological polar surface area (TPSA) is 61.3 Å². The summed E-state index contributed by atoms with van der Waals surface area (Å²) in [6, 6.07) is 5.78. The van der Waals surface area contributed by atoms with Gasteiger partial charge in [0.05, 0.1) is 24.0 Å². The summed E-state index contributed by atoms with van der Waals surface area (Å²) < 4.78 is 11.4. The standard InChI is InChI=1S/C19H24N2O3/c1-3-23-19(22)13(2)14-6-8-15(9-7-14)24-17-10-12-21-18-16(17)5-4-11-20-18/h4-5,10-15H,3,6-9H2,1-2H3/t13?,14-,15-. The molecule has 2 heterocycles. The summed E-state index contributed by atoms with van der Waals surface area (Å²) >= 11 is 0. The van der Waals surface area contributed by atoms with Gasteiger partial charge in [0, 0.05) is 12.4 Å². The summed E-state index contributed by atoms with van der Waals surface area (Å²) in [4.78, 5) is 20.4. The molecule has 1 saturated carbocycles. The highest BCUT2D eigenvalue weighted by Gasteiger charge is 2.30. The van der Waals surface area contributed by atoms with Crippen molar-refractivity contribution in [2.45, 2.75) is 45.6 Å². The van der Waals surface area contributed by atoms with Gasteiger partial charge in [0.15, 0.2) is 5.65 Å². The van der Waals surface area contributed by atoms with Crippen LogP contribution in [-0.2, 0) is 9.53 Å². The highest BCUT2D eigenvalue weighted by Crippen LogP contribution is 2.34. The van der Waals surface area contributed by atoms with E-state index in [2.05, 4.69) is 9.97 Å². The predicted octanol–water partition coefficient (Wildman–Crippen LogP) is 3.77. The van der Waals surface area contributed by atoms with Gasteiger partial charge < -0.3 is 9.47 Å². The van der Waals surface area contributed by atoms with Crippen LogP contribution >= 0.6 is 0 Å². The summed E-state index contributed by atoms with van der Waals surface area (Å²) in [5.74, 6) is 1.12. The van der Waals surface area contributed by atoms with E-state index in [-0.39, 0.29) is 18.0 Å². The van der Waals surface area contributed by atoms with Crippen LogP contribution < -0.4 is 4.74 Å². The lowest BCUT2D eigenvalue weighted by Crippen LogP contribution is -2.30. The second kappa shape index (κ2) is 7.60. The Labute approximate surface area is 142 Å². The van der Waals surface area contributed by atoms with Crippen LogP contribution in [0.2, 0.25) is 0 Å². The van der Waals surface area contributed by atoms with Crippen LogP contribution in [0.5, 0.6) is 5.75 Å². The van der Waals surface area contributed by atoms with Gasteiger partial charge in [0.25, 0.3) is 0 Å². The van der Waals surface area contributed by atoms with Crippen molar-refractivity contribution in [2.75, 3.05) is 6.61 Å². The summed E-state index contributed by atoms with van der Waals surface area (Å²) in [7, 11) is 0. The van der Waals surface area contributed by atoms with E-state index in [1.807, 2.05) is 32.0 Å². The summed E-state index contributed by atoms with van der Waals surface area (Å²) in [6.07, 6.45) is 7.55. The van der Waals surface area contributed by atoms with E-state index < -0.39 is 0 Å². The van der Waals surface area contributed by atoms with Crippen LogP contribution in [0.1, 0.15) is 39.5 Å².